The van der Waals surface area contributed by atoms with Gasteiger partial charge in [-0.1, -0.05) is 6.42 Å². The van der Waals surface area contributed by atoms with E-state index in [0.29, 0.717) is 22.4 Å². The highest BCUT2D eigenvalue weighted by Crippen LogP contribution is 2.34. The Labute approximate surface area is 169 Å². The Morgan fingerprint density at radius 3 is 2.48 bits per heavy atom. The van der Waals surface area contributed by atoms with Gasteiger partial charge in [-0.15, -0.1) is 0 Å². The Morgan fingerprint density at radius 1 is 1.03 bits per heavy atom. The monoisotopic (exact) mass is 392 g/mol. The van der Waals surface area contributed by atoms with Crippen LogP contribution in [0.2, 0.25) is 0 Å². The summed E-state index contributed by atoms with van der Waals surface area (Å²) in [5, 5.41) is 2.82. The van der Waals surface area contributed by atoms with Crippen molar-refractivity contribution in [3.05, 3.63) is 59.2 Å². The first-order valence-corrected chi connectivity index (χ1v) is 9.85. The average molecular weight is 392 g/mol. The molecule has 0 bridgehead atoms. The Hall–Kier alpha value is -3.35. The van der Waals surface area contributed by atoms with E-state index in [-0.39, 0.29) is 18.0 Å². The SMILES string of the molecule is CN1c2cc(C(=O)Nc3ccc(C(N)=O)cc3)ccc2C(=O)N2CCCCC[C@H]21. The first-order valence-electron chi connectivity index (χ1n) is 9.85. The molecule has 2 aliphatic rings. The van der Waals surface area contributed by atoms with E-state index in [1.54, 1.807) is 42.5 Å². The van der Waals surface area contributed by atoms with Crippen molar-refractivity contribution in [3.63, 3.8) is 0 Å². The van der Waals surface area contributed by atoms with Gasteiger partial charge in [-0.05, 0) is 61.7 Å². The molecule has 29 heavy (non-hydrogen) atoms. The van der Waals surface area contributed by atoms with Crippen LogP contribution in [-0.2, 0) is 0 Å². The molecular weight excluding hydrogens is 368 g/mol. The van der Waals surface area contributed by atoms with Gasteiger partial charge in [0.25, 0.3) is 11.8 Å². The lowest BCUT2D eigenvalue weighted by molar-refractivity contribution is 0.0661. The van der Waals surface area contributed by atoms with Gasteiger partial charge in [0, 0.05) is 30.4 Å². The zero-order valence-corrected chi connectivity index (χ0v) is 16.4. The summed E-state index contributed by atoms with van der Waals surface area (Å²) in [7, 11) is 1.98. The molecule has 0 unspecified atom stereocenters. The molecular formula is C22H24N4O3. The van der Waals surface area contributed by atoms with Crippen molar-refractivity contribution in [3.8, 4) is 0 Å². The highest BCUT2D eigenvalue weighted by atomic mass is 16.2. The molecule has 0 radical (unpaired) electrons. The van der Waals surface area contributed by atoms with Crippen LogP contribution in [0.25, 0.3) is 0 Å². The van der Waals surface area contributed by atoms with E-state index in [9.17, 15) is 14.4 Å². The van der Waals surface area contributed by atoms with Gasteiger partial charge in [0.2, 0.25) is 5.91 Å². The number of carbonyl (C=O) groups is 3. The fourth-order valence-corrected chi connectivity index (χ4v) is 4.11. The second-order valence-electron chi connectivity index (χ2n) is 7.57. The van der Waals surface area contributed by atoms with Crippen molar-refractivity contribution < 1.29 is 14.4 Å². The molecule has 0 spiro atoms. The van der Waals surface area contributed by atoms with E-state index in [1.807, 2.05) is 11.9 Å². The Morgan fingerprint density at radius 2 is 1.76 bits per heavy atom. The molecule has 0 aromatic heterocycles. The molecule has 1 fully saturated rings. The standard InChI is InChI=1S/C22H24N4O3/c1-25-18-13-15(21(28)24-16-9-6-14(7-10-16)20(23)27)8-11-17(18)22(29)26-12-4-2-3-5-19(25)26/h6-11,13,19H,2-5,12H2,1H3,(H2,23,27)(H,24,28)/t19-/m0/s1. The van der Waals surface area contributed by atoms with Crippen LogP contribution in [0.3, 0.4) is 0 Å². The van der Waals surface area contributed by atoms with Crippen LogP contribution in [0.5, 0.6) is 0 Å². The van der Waals surface area contributed by atoms with Crippen LogP contribution < -0.4 is 16.0 Å². The molecule has 150 valence electrons. The van der Waals surface area contributed by atoms with Gasteiger partial charge in [-0.25, -0.2) is 0 Å². The van der Waals surface area contributed by atoms with Crippen LogP contribution in [-0.4, -0.2) is 42.4 Å². The zero-order chi connectivity index (χ0) is 20.5. The summed E-state index contributed by atoms with van der Waals surface area (Å²) in [6, 6.07) is 11.6. The average Bonchev–Trinajstić information content (AvgIpc) is 2.98. The van der Waals surface area contributed by atoms with Crippen molar-refractivity contribution in [2.45, 2.75) is 31.8 Å². The number of amides is 3. The van der Waals surface area contributed by atoms with Crippen LogP contribution in [0, 0.1) is 0 Å². The number of nitrogens with one attached hydrogen (secondary N) is 1. The minimum absolute atomic E-state index is 0.0390. The van der Waals surface area contributed by atoms with Crippen LogP contribution in [0.1, 0.15) is 56.8 Å². The maximum atomic E-state index is 13.0. The van der Waals surface area contributed by atoms with Gasteiger partial charge < -0.3 is 20.9 Å². The summed E-state index contributed by atoms with van der Waals surface area (Å²) in [4.78, 5) is 40.9. The van der Waals surface area contributed by atoms with Crippen molar-refractivity contribution in [1.82, 2.24) is 4.90 Å². The molecule has 7 heteroatoms. The minimum Gasteiger partial charge on any atom is -0.366 e. The molecule has 4 rings (SSSR count). The first kappa shape index (κ1) is 19.0. The molecule has 2 aromatic rings. The number of nitrogens with two attached hydrogens (primary N) is 1. The largest absolute Gasteiger partial charge is 0.366 e. The van der Waals surface area contributed by atoms with Crippen molar-refractivity contribution >= 4 is 29.1 Å². The van der Waals surface area contributed by atoms with Gasteiger partial charge in [0.1, 0.15) is 6.17 Å². The van der Waals surface area contributed by atoms with Crippen molar-refractivity contribution in [2.75, 3.05) is 23.8 Å². The van der Waals surface area contributed by atoms with Crippen molar-refractivity contribution in [2.24, 2.45) is 5.73 Å². The van der Waals surface area contributed by atoms with E-state index in [2.05, 4.69) is 10.2 Å². The topological polar surface area (TPSA) is 95.7 Å². The Bertz CT molecular complexity index is 971. The minimum atomic E-state index is -0.516. The summed E-state index contributed by atoms with van der Waals surface area (Å²) >= 11 is 0. The number of carbonyl (C=O) groups excluding carboxylic acids is 3. The van der Waals surface area contributed by atoms with E-state index in [0.717, 1.165) is 37.9 Å². The van der Waals surface area contributed by atoms with Crippen LogP contribution in [0.15, 0.2) is 42.5 Å². The molecule has 0 aliphatic carbocycles. The second-order valence-corrected chi connectivity index (χ2v) is 7.57. The predicted octanol–water partition coefficient (Wildman–Crippen LogP) is 2.83. The third-order valence-electron chi connectivity index (χ3n) is 5.73. The lowest BCUT2D eigenvalue weighted by Crippen LogP contribution is -2.53. The normalized spacial score (nSPS) is 18.5. The highest BCUT2D eigenvalue weighted by Gasteiger charge is 2.36. The van der Waals surface area contributed by atoms with Crippen LogP contribution >= 0.6 is 0 Å². The molecule has 2 heterocycles. The first-order chi connectivity index (χ1) is 14.0. The molecule has 1 atom stereocenters. The summed E-state index contributed by atoms with van der Waals surface area (Å²) in [5.74, 6) is -0.749. The number of anilines is 2. The smallest absolute Gasteiger partial charge is 0.257 e. The number of hydrogen-bond donors (Lipinski definition) is 2. The van der Waals surface area contributed by atoms with Gasteiger partial charge >= 0.3 is 0 Å². The number of primary amides is 1. The molecule has 3 amide bonds. The van der Waals surface area contributed by atoms with Gasteiger partial charge in [-0.3, -0.25) is 14.4 Å². The maximum absolute atomic E-state index is 13.0. The predicted molar refractivity (Wildman–Crippen MR) is 111 cm³/mol. The van der Waals surface area contributed by atoms with Gasteiger partial charge in [0.05, 0.1) is 11.3 Å². The lowest BCUT2D eigenvalue weighted by atomic mass is 10.0. The van der Waals surface area contributed by atoms with E-state index in [4.69, 9.17) is 5.73 Å². The summed E-state index contributed by atoms with van der Waals surface area (Å²) in [6.07, 6.45) is 4.23. The van der Waals surface area contributed by atoms with Gasteiger partial charge in [0.15, 0.2) is 0 Å². The number of nitrogens with zero attached hydrogens (tertiary/aromatic N) is 2. The van der Waals surface area contributed by atoms with E-state index in [1.165, 1.54) is 0 Å². The third-order valence-corrected chi connectivity index (χ3v) is 5.73. The fraction of sp³-hybridized carbons (Fsp3) is 0.318. The molecule has 0 saturated carbocycles. The maximum Gasteiger partial charge on any atom is 0.257 e. The molecule has 1 saturated heterocycles. The molecule has 3 N–H and O–H groups in total. The number of fused-ring (bicyclic) bond motifs is 2. The highest BCUT2D eigenvalue weighted by molar-refractivity contribution is 6.08. The van der Waals surface area contributed by atoms with E-state index < -0.39 is 5.91 Å². The Balaban J connectivity index is 1.58. The summed E-state index contributed by atoms with van der Waals surface area (Å²) in [5.41, 5.74) is 8.08. The molecule has 7 nitrogen and oxygen atoms in total. The van der Waals surface area contributed by atoms with E-state index >= 15 is 0 Å². The second kappa shape index (κ2) is 7.58. The quantitative estimate of drug-likeness (QED) is 0.840. The number of benzene rings is 2. The summed E-state index contributed by atoms with van der Waals surface area (Å²) in [6.45, 7) is 0.775. The van der Waals surface area contributed by atoms with Crippen LogP contribution in [0.4, 0.5) is 11.4 Å². The van der Waals surface area contributed by atoms with Crippen molar-refractivity contribution in [1.29, 1.82) is 0 Å². The lowest BCUT2D eigenvalue weighted by Gasteiger charge is -2.43. The molecule has 2 aliphatic heterocycles. The molecule has 2 aromatic carbocycles. The zero-order valence-electron chi connectivity index (χ0n) is 16.4. The Kier molecular flexibility index (Phi) is 4.96. The number of hydrogen-bond acceptors (Lipinski definition) is 4. The third kappa shape index (κ3) is 3.55. The number of rotatable bonds is 3. The summed E-state index contributed by atoms with van der Waals surface area (Å²) < 4.78 is 0. The fourth-order valence-electron chi connectivity index (χ4n) is 4.11. The van der Waals surface area contributed by atoms with Gasteiger partial charge in [-0.2, -0.15) is 0 Å².